The molecule has 2 aromatic heterocycles. The number of unbranched alkanes of at least 4 members (excludes halogenated alkanes) is 1. The molecule has 10 heteroatoms. The number of piperazine rings is 1. The van der Waals surface area contributed by atoms with Crippen LogP contribution < -0.4 is 10.2 Å². The van der Waals surface area contributed by atoms with E-state index in [0.717, 1.165) is 92.6 Å². The van der Waals surface area contributed by atoms with Crippen molar-refractivity contribution in [1.29, 1.82) is 0 Å². The van der Waals surface area contributed by atoms with Crippen molar-refractivity contribution in [1.82, 2.24) is 29.9 Å². The van der Waals surface area contributed by atoms with Crippen molar-refractivity contribution in [3.8, 4) is 11.1 Å². The van der Waals surface area contributed by atoms with E-state index in [1.807, 2.05) is 17.9 Å². The highest BCUT2D eigenvalue weighted by atomic mass is 16.5. The molecule has 6 rings (SSSR count). The van der Waals surface area contributed by atoms with Crippen molar-refractivity contribution in [2.45, 2.75) is 45.1 Å². The number of Topliss-reactive ketones (excluding diaryl/α,β-unsaturated/α-hetero) is 1. The Labute approximate surface area is 260 Å². The SMILES string of the molecule is COCCCCn1nc(C(=O)NCC2C(=O)CN(C)C3=C2CCCC3)c2cc(-c3ccc(N4CCN(C)CC4)nc3)ccc21. The number of anilines is 1. The van der Waals surface area contributed by atoms with E-state index >= 15 is 0 Å². The molecule has 10 nitrogen and oxygen atoms in total. The number of carbonyl (C=O) groups excluding carboxylic acids is 2. The minimum absolute atomic E-state index is 0.178. The summed E-state index contributed by atoms with van der Waals surface area (Å²) in [5.74, 6) is 0.674. The quantitative estimate of drug-likeness (QED) is 0.350. The van der Waals surface area contributed by atoms with Crippen LogP contribution in [0.3, 0.4) is 0 Å². The first-order valence-corrected chi connectivity index (χ1v) is 16.1. The summed E-state index contributed by atoms with van der Waals surface area (Å²) in [5, 5.41) is 8.72. The van der Waals surface area contributed by atoms with E-state index < -0.39 is 0 Å². The molecule has 0 radical (unpaired) electrons. The van der Waals surface area contributed by atoms with Crippen LogP contribution in [0.2, 0.25) is 0 Å². The van der Waals surface area contributed by atoms with Gasteiger partial charge >= 0.3 is 0 Å². The number of aromatic nitrogens is 3. The summed E-state index contributed by atoms with van der Waals surface area (Å²) in [6.45, 7) is 6.11. The van der Waals surface area contributed by atoms with Gasteiger partial charge in [0.25, 0.3) is 5.91 Å². The predicted octanol–water partition coefficient (Wildman–Crippen LogP) is 3.97. The average Bonchev–Trinajstić information content (AvgIpc) is 3.41. The number of methoxy groups -OCH3 is 1. The molecule has 234 valence electrons. The minimum Gasteiger partial charge on any atom is -0.385 e. The van der Waals surface area contributed by atoms with Gasteiger partial charge in [0.05, 0.1) is 18.0 Å². The van der Waals surface area contributed by atoms with E-state index in [4.69, 9.17) is 14.8 Å². The predicted molar refractivity (Wildman–Crippen MR) is 173 cm³/mol. The Morgan fingerprint density at radius 1 is 1.02 bits per heavy atom. The van der Waals surface area contributed by atoms with Gasteiger partial charge in [-0.3, -0.25) is 14.3 Å². The van der Waals surface area contributed by atoms with Gasteiger partial charge in [0.2, 0.25) is 0 Å². The lowest BCUT2D eigenvalue weighted by Crippen LogP contribution is -2.44. The Balaban J connectivity index is 1.25. The molecule has 0 bridgehead atoms. The number of carbonyl (C=O) groups is 2. The number of aryl methyl sites for hydroxylation is 1. The fourth-order valence-corrected chi connectivity index (χ4v) is 6.86. The van der Waals surface area contributed by atoms with Gasteiger partial charge in [0.15, 0.2) is 11.5 Å². The fraction of sp³-hybridized carbons (Fsp3) is 0.529. The zero-order chi connectivity index (χ0) is 30.6. The number of benzene rings is 1. The summed E-state index contributed by atoms with van der Waals surface area (Å²) < 4.78 is 7.16. The summed E-state index contributed by atoms with van der Waals surface area (Å²) in [5.41, 5.74) is 5.80. The number of ether oxygens (including phenoxy) is 1. The van der Waals surface area contributed by atoms with Gasteiger partial charge < -0.3 is 24.8 Å². The van der Waals surface area contributed by atoms with Gasteiger partial charge in [-0.05, 0) is 81.0 Å². The first kappa shape index (κ1) is 30.3. The Morgan fingerprint density at radius 2 is 1.82 bits per heavy atom. The molecule has 1 aliphatic carbocycles. The van der Waals surface area contributed by atoms with Crippen LogP contribution in [0.25, 0.3) is 22.0 Å². The third-order valence-electron chi connectivity index (χ3n) is 9.45. The first-order valence-electron chi connectivity index (χ1n) is 16.1. The van der Waals surface area contributed by atoms with Gasteiger partial charge in [-0.15, -0.1) is 0 Å². The van der Waals surface area contributed by atoms with E-state index in [2.05, 4.69) is 57.4 Å². The Bertz CT molecular complexity index is 1520. The van der Waals surface area contributed by atoms with Crippen LogP contribution in [0.4, 0.5) is 5.82 Å². The second-order valence-electron chi connectivity index (χ2n) is 12.5. The first-order chi connectivity index (χ1) is 21.4. The number of nitrogens with zero attached hydrogens (tertiary/aromatic N) is 6. The number of likely N-dealkylation sites (N-methyl/N-ethyl adjacent to an activating group) is 2. The van der Waals surface area contributed by atoms with Crippen LogP contribution in [0, 0.1) is 5.92 Å². The number of amides is 1. The van der Waals surface area contributed by atoms with E-state index in [-0.39, 0.29) is 17.6 Å². The summed E-state index contributed by atoms with van der Waals surface area (Å²) in [6.07, 6.45) is 7.92. The molecule has 1 aromatic carbocycles. The lowest BCUT2D eigenvalue weighted by atomic mass is 9.81. The molecule has 0 saturated carbocycles. The molecule has 1 N–H and O–H groups in total. The molecule has 1 atom stereocenters. The van der Waals surface area contributed by atoms with Crippen LogP contribution >= 0.6 is 0 Å². The third-order valence-corrected chi connectivity index (χ3v) is 9.45. The van der Waals surface area contributed by atoms with Gasteiger partial charge in [-0.25, -0.2) is 4.98 Å². The standard InChI is InChI=1S/C34H45N7O3/c1-38-15-17-40(18-16-38)32-13-11-25(21-35-32)24-10-12-30-27(20-24)33(37-41(30)14-6-7-19-44-3)34(43)36-22-28-26-8-4-5-9-29(26)39(2)23-31(28)42/h10-13,20-21,28H,4-9,14-19,22-23H2,1-3H3,(H,36,43). The third kappa shape index (κ3) is 6.37. The van der Waals surface area contributed by atoms with Crippen LogP contribution in [-0.4, -0.2) is 103 Å². The molecule has 1 fully saturated rings. The molecule has 3 aliphatic rings. The second-order valence-corrected chi connectivity index (χ2v) is 12.5. The summed E-state index contributed by atoms with van der Waals surface area (Å²) in [7, 11) is 5.87. The number of nitrogens with one attached hydrogen (secondary N) is 1. The second kappa shape index (κ2) is 13.5. The molecule has 1 unspecified atom stereocenters. The number of hydrogen-bond donors (Lipinski definition) is 1. The number of rotatable bonds is 10. The maximum atomic E-state index is 13.7. The maximum absolute atomic E-state index is 13.7. The highest BCUT2D eigenvalue weighted by Crippen LogP contribution is 2.35. The molecule has 0 spiro atoms. The summed E-state index contributed by atoms with van der Waals surface area (Å²) in [4.78, 5) is 38.4. The summed E-state index contributed by atoms with van der Waals surface area (Å²) in [6, 6.07) is 10.4. The fourth-order valence-electron chi connectivity index (χ4n) is 6.86. The van der Waals surface area contributed by atoms with Crippen LogP contribution in [0.5, 0.6) is 0 Å². The number of allylic oxidation sites excluding steroid dienone is 1. The number of fused-ring (bicyclic) bond motifs is 1. The van der Waals surface area contributed by atoms with Crippen molar-refractivity contribution < 1.29 is 14.3 Å². The van der Waals surface area contributed by atoms with Crippen molar-refractivity contribution in [3.63, 3.8) is 0 Å². The number of pyridine rings is 1. The van der Waals surface area contributed by atoms with Gasteiger partial charge in [0.1, 0.15) is 5.82 Å². The topological polar surface area (TPSA) is 95.8 Å². The highest BCUT2D eigenvalue weighted by Gasteiger charge is 2.34. The van der Waals surface area contributed by atoms with Crippen LogP contribution in [0.15, 0.2) is 47.8 Å². The van der Waals surface area contributed by atoms with Crippen molar-refractivity contribution >= 4 is 28.4 Å². The molecular weight excluding hydrogens is 554 g/mol. The molecular formula is C34H45N7O3. The van der Waals surface area contributed by atoms with Gasteiger partial charge in [0, 0.05) is 82.9 Å². The molecule has 1 amide bonds. The van der Waals surface area contributed by atoms with E-state index in [0.29, 0.717) is 31.9 Å². The lowest BCUT2D eigenvalue weighted by Gasteiger charge is -2.37. The average molecular weight is 600 g/mol. The Morgan fingerprint density at radius 3 is 2.59 bits per heavy atom. The zero-order valence-electron chi connectivity index (χ0n) is 26.3. The maximum Gasteiger partial charge on any atom is 0.272 e. The van der Waals surface area contributed by atoms with E-state index in [1.54, 1.807) is 7.11 Å². The molecule has 44 heavy (non-hydrogen) atoms. The van der Waals surface area contributed by atoms with Crippen LogP contribution in [0.1, 0.15) is 49.0 Å². The van der Waals surface area contributed by atoms with Crippen LogP contribution in [-0.2, 0) is 16.1 Å². The normalized spacial score (nSPS) is 19.5. The van der Waals surface area contributed by atoms with Gasteiger partial charge in [-0.2, -0.15) is 5.10 Å². The van der Waals surface area contributed by atoms with Crippen molar-refractivity contribution in [2.24, 2.45) is 5.92 Å². The molecule has 3 aromatic rings. The lowest BCUT2D eigenvalue weighted by molar-refractivity contribution is -0.123. The zero-order valence-corrected chi connectivity index (χ0v) is 26.3. The minimum atomic E-state index is -0.256. The van der Waals surface area contributed by atoms with Crippen molar-refractivity contribution in [3.05, 3.63) is 53.5 Å². The largest absolute Gasteiger partial charge is 0.385 e. The van der Waals surface area contributed by atoms with E-state index in [9.17, 15) is 9.59 Å². The smallest absolute Gasteiger partial charge is 0.272 e. The number of hydrogen-bond acceptors (Lipinski definition) is 8. The summed E-state index contributed by atoms with van der Waals surface area (Å²) >= 11 is 0. The Kier molecular flexibility index (Phi) is 9.28. The monoisotopic (exact) mass is 599 g/mol. The van der Waals surface area contributed by atoms with Gasteiger partial charge in [-0.1, -0.05) is 6.07 Å². The molecule has 4 heterocycles. The number of ketones is 1. The highest BCUT2D eigenvalue weighted by molar-refractivity contribution is 6.06. The molecule has 1 saturated heterocycles. The van der Waals surface area contributed by atoms with E-state index in [1.165, 1.54) is 11.3 Å². The molecule has 2 aliphatic heterocycles. The van der Waals surface area contributed by atoms with Crippen molar-refractivity contribution in [2.75, 3.05) is 72.0 Å². The Hall–Kier alpha value is -3.76.